The molecule has 1 aliphatic rings. The number of nitrogens with zero attached hydrogens (tertiary/aromatic N) is 4. The van der Waals surface area contributed by atoms with E-state index in [1.165, 1.54) is 0 Å². The van der Waals surface area contributed by atoms with Gasteiger partial charge in [-0.1, -0.05) is 0 Å². The number of piperidine rings is 1. The predicted molar refractivity (Wildman–Crippen MR) is 80.0 cm³/mol. The SMILES string of the molecule is CC(C)Oc1nc(NN)nc(N2CCC(C(C)O)CC2)n1. The minimum atomic E-state index is -0.272. The van der Waals surface area contributed by atoms with Gasteiger partial charge < -0.3 is 14.7 Å². The summed E-state index contributed by atoms with van der Waals surface area (Å²) >= 11 is 0. The molecule has 0 amide bonds. The number of anilines is 2. The van der Waals surface area contributed by atoms with Gasteiger partial charge in [-0.25, -0.2) is 5.84 Å². The quantitative estimate of drug-likeness (QED) is 0.533. The molecule has 4 N–H and O–H groups in total. The van der Waals surface area contributed by atoms with Crippen molar-refractivity contribution in [2.45, 2.75) is 45.8 Å². The van der Waals surface area contributed by atoms with Crippen LogP contribution >= 0.6 is 0 Å². The zero-order valence-corrected chi connectivity index (χ0v) is 12.8. The van der Waals surface area contributed by atoms with Crippen molar-refractivity contribution in [3.05, 3.63) is 0 Å². The second kappa shape index (κ2) is 6.86. The first-order valence-electron chi connectivity index (χ1n) is 7.32. The highest BCUT2D eigenvalue weighted by molar-refractivity contribution is 5.38. The Morgan fingerprint density at radius 2 is 1.90 bits per heavy atom. The van der Waals surface area contributed by atoms with Gasteiger partial charge in [0.15, 0.2) is 0 Å². The Bertz CT molecular complexity index is 460. The Morgan fingerprint density at radius 1 is 1.24 bits per heavy atom. The molecule has 1 aromatic heterocycles. The fourth-order valence-electron chi connectivity index (χ4n) is 2.40. The van der Waals surface area contributed by atoms with Crippen molar-refractivity contribution >= 4 is 11.9 Å². The molecule has 8 heteroatoms. The van der Waals surface area contributed by atoms with E-state index in [9.17, 15) is 5.11 Å². The molecule has 1 saturated heterocycles. The van der Waals surface area contributed by atoms with Gasteiger partial charge in [0.25, 0.3) is 0 Å². The van der Waals surface area contributed by atoms with Gasteiger partial charge in [-0.2, -0.15) is 15.0 Å². The summed E-state index contributed by atoms with van der Waals surface area (Å²) in [4.78, 5) is 14.8. The molecule has 2 heterocycles. The highest BCUT2D eigenvalue weighted by Gasteiger charge is 2.25. The summed E-state index contributed by atoms with van der Waals surface area (Å²) in [7, 11) is 0. The normalized spacial score (nSPS) is 17.9. The highest BCUT2D eigenvalue weighted by Crippen LogP contribution is 2.24. The summed E-state index contributed by atoms with van der Waals surface area (Å²) in [5, 5.41) is 9.65. The zero-order valence-electron chi connectivity index (χ0n) is 12.8. The van der Waals surface area contributed by atoms with Gasteiger partial charge in [-0.15, -0.1) is 0 Å². The molecule has 1 atom stereocenters. The maximum absolute atomic E-state index is 9.65. The summed E-state index contributed by atoms with van der Waals surface area (Å²) in [6.07, 6.45) is 1.53. The molecular weight excluding hydrogens is 272 g/mol. The molecule has 0 saturated carbocycles. The van der Waals surface area contributed by atoms with Crippen LogP contribution in [0.15, 0.2) is 0 Å². The van der Waals surface area contributed by atoms with Gasteiger partial charge in [0.05, 0.1) is 12.2 Å². The minimum Gasteiger partial charge on any atom is -0.461 e. The van der Waals surface area contributed by atoms with Crippen molar-refractivity contribution in [1.82, 2.24) is 15.0 Å². The smallest absolute Gasteiger partial charge is 0.323 e. The topological polar surface area (TPSA) is 109 Å². The molecule has 0 radical (unpaired) electrons. The van der Waals surface area contributed by atoms with E-state index in [0.29, 0.717) is 11.9 Å². The van der Waals surface area contributed by atoms with Crippen molar-refractivity contribution in [3.8, 4) is 6.01 Å². The third-order valence-electron chi connectivity index (χ3n) is 3.58. The largest absolute Gasteiger partial charge is 0.461 e. The van der Waals surface area contributed by atoms with E-state index in [0.717, 1.165) is 25.9 Å². The van der Waals surface area contributed by atoms with E-state index in [2.05, 4.69) is 25.3 Å². The molecule has 1 fully saturated rings. The van der Waals surface area contributed by atoms with Gasteiger partial charge in [0, 0.05) is 13.1 Å². The van der Waals surface area contributed by atoms with Crippen LogP contribution in [-0.2, 0) is 0 Å². The second-order valence-electron chi connectivity index (χ2n) is 5.62. The minimum absolute atomic E-state index is 0.0214. The average Bonchev–Trinajstić information content (AvgIpc) is 2.46. The Kier molecular flexibility index (Phi) is 5.13. The van der Waals surface area contributed by atoms with Gasteiger partial charge in [0.2, 0.25) is 11.9 Å². The third-order valence-corrected chi connectivity index (χ3v) is 3.58. The van der Waals surface area contributed by atoms with Crippen LogP contribution in [0, 0.1) is 5.92 Å². The number of aliphatic hydroxyl groups excluding tert-OH is 1. The fourth-order valence-corrected chi connectivity index (χ4v) is 2.40. The number of hydrogen-bond donors (Lipinski definition) is 3. The maximum Gasteiger partial charge on any atom is 0.323 e. The maximum atomic E-state index is 9.65. The lowest BCUT2D eigenvalue weighted by atomic mass is 9.92. The fraction of sp³-hybridized carbons (Fsp3) is 0.769. The molecule has 0 aromatic carbocycles. The molecule has 0 bridgehead atoms. The van der Waals surface area contributed by atoms with E-state index in [1.807, 2.05) is 20.8 Å². The average molecular weight is 296 g/mol. The lowest BCUT2D eigenvalue weighted by Crippen LogP contribution is -2.38. The Hall–Kier alpha value is -1.67. The monoisotopic (exact) mass is 296 g/mol. The van der Waals surface area contributed by atoms with Crippen molar-refractivity contribution in [2.24, 2.45) is 11.8 Å². The molecular formula is C13H24N6O2. The standard InChI is InChI=1S/C13H24N6O2/c1-8(2)21-13-16-11(18-14)15-12(17-13)19-6-4-10(5-7-19)9(3)20/h8-10,20H,4-7,14H2,1-3H3,(H,15,16,17,18). The second-order valence-corrected chi connectivity index (χ2v) is 5.62. The molecule has 118 valence electrons. The van der Waals surface area contributed by atoms with E-state index >= 15 is 0 Å². The van der Waals surface area contributed by atoms with Crippen molar-refractivity contribution in [1.29, 1.82) is 0 Å². The van der Waals surface area contributed by atoms with Crippen LogP contribution < -0.4 is 20.9 Å². The molecule has 1 aliphatic heterocycles. The number of ether oxygens (including phenoxy) is 1. The van der Waals surface area contributed by atoms with Crippen LogP contribution in [0.1, 0.15) is 33.6 Å². The molecule has 21 heavy (non-hydrogen) atoms. The summed E-state index contributed by atoms with van der Waals surface area (Å²) < 4.78 is 5.52. The van der Waals surface area contributed by atoms with Crippen LogP contribution in [0.2, 0.25) is 0 Å². The van der Waals surface area contributed by atoms with E-state index in [-0.39, 0.29) is 24.2 Å². The van der Waals surface area contributed by atoms with Crippen molar-refractivity contribution < 1.29 is 9.84 Å². The Labute approximate surface area is 124 Å². The van der Waals surface area contributed by atoms with Crippen molar-refractivity contribution in [2.75, 3.05) is 23.4 Å². The van der Waals surface area contributed by atoms with Crippen LogP contribution in [0.3, 0.4) is 0 Å². The predicted octanol–water partition coefficient (Wildman–Crippen LogP) is 0.542. The van der Waals surface area contributed by atoms with E-state index < -0.39 is 0 Å². The number of aliphatic hydroxyl groups is 1. The summed E-state index contributed by atoms with van der Waals surface area (Å²) in [6, 6.07) is 0.264. The first-order valence-corrected chi connectivity index (χ1v) is 7.32. The third kappa shape index (κ3) is 4.15. The van der Waals surface area contributed by atoms with Gasteiger partial charge in [0.1, 0.15) is 0 Å². The number of nitrogens with two attached hydrogens (primary N) is 1. The van der Waals surface area contributed by atoms with Crippen molar-refractivity contribution in [3.63, 3.8) is 0 Å². The van der Waals surface area contributed by atoms with Crippen LogP contribution in [0.5, 0.6) is 6.01 Å². The van der Waals surface area contributed by atoms with Gasteiger partial charge >= 0.3 is 6.01 Å². The number of hydrogen-bond acceptors (Lipinski definition) is 8. The number of nitrogen functional groups attached to an aromatic ring is 1. The summed E-state index contributed by atoms with van der Waals surface area (Å²) in [5.74, 6) is 6.57. The molecule has 2 rings (SSSR count). The van der Waals surface area contributed by atoms with Gasteiger partial charge in [-0.3, -0.25) is 5.43 Å². The molecule has 0 aliphatic carbocycles. The molecule has 0 spiro atoms. The van der Waals surface area contributed by atoms with Crippen LogP contribution in [-0.4, -0.2) is 45.4 Å². The highest BCUT2D eigenvalue weighted by atomic mass is 16.5. The first-order chi connectivity index (χ1) is 9.99. The lowest BCUT2D eigenvalue weighted by Gasteiger charge is -2.33. The first kappa shape index (κ1) is 15.7. The number of nitrogens with one attached hydrogen (secondary N) is 1. The number of rotatable bonds is 5. The summed E-state index contributed by atoms with van der Waals surface area (Å²) in [5.41, 5.74) is 2.44. The Morgan fingerprint density at radius 3 is 2.43 bits per heavy atom. The van der Waals surface area contributed by atoms with Gasteiger partial charge in [-0.05, 0) is 39.5 Å². The summed E-state index contributed by atoms with van der Waals surface area (Å²) in [6.45, 7) is 7.25. The molecule has 1 aromatic rings. The van der Waals surface area contributed by atoms with Crippen LogP contribution in [0.25, 0.3) is 0 Å². The van der Waals surface area contributed by atoms with E-state index in [1.54, 1.807) is 0 Å². The number of hydrazine groups is 1. The Balaban J connectivity index is 2.12. The molecule has 1 unspecified atom stereocenters. The lowest BCUT2D eigenvalue weighted by molar-refractivity contribution is 0.109. The van der Waals surface area contributed by atoms with Crippen LogP contribution in [0.4, 0.5) is 11.9 Å². The molecule has 8 nitrogen and oxygen atoms in total. The number of aromatic nitrogens is 3. The zero-order chi connectivity index (χ0) is 15.4. The van der Waals surface area contributed by atoms with E-state index in [4.69, 9.17) is 10.6 Å².